The van der Waals surface area contributed by atoms with E-state index in [1.807, 2.05) is 0 Å². The van der Waals surface area contributed by atoms with Gasteiger partial charge < -0.3 is 10.1 Å². The van der Waals surface area contributed by atoms with Crippen molar-refractivity contribution in [1.29, 1.82) is 0 Å². The summed E-state index contributed by atoms with van der Waals surface area (Å²) in [7, 11) is 0. The van der Waals surface area contributed by atoms with Crippen LogP contribution in [-0.2, 0) is 4.74 Å². The Balaban J connectivity index is 2.21. The largest absolute Gasteiger partial charge is 0.380 e. The Morgan fingerprint density at radius 3 is 2.60 bits per heavy atom. The van der Waals surface area contributed by atoms with Gasteiger partial charge in [0.05, 0.1) is 6.61 Å². The van der Waals surface area contributed by atoms with Gasteiger partial charge in [0, 0.05) is 18.7 Å². The van der Waals surface area contributed by atoms with Gasteiger partial charge in [0.15, 0.2) is 0 Å². The lowest BCUT2D eigenvalue weighted by molar-refractivity contribution is 0.115. The van der Waals surface area contributed by atoms with E-state index in [0.717, 1.165) is 25.0 Å². The smallest absolute Gasteiger partial charge is 0.0616 e. The van der Waals surface area contributed by atoms with E-state index < -0.39 is 0 Å². The molecule has 1 N–H and O–H groups in total. The molecule has 0 amide bonds. The molecule has 0 heterocycles. The summed E-state index contributed by atoms with van der Waals surface area (Å²) in [6, 6.07) is 1.21. The fourth-order valence-corrected chi connectivity index (χ4v) is 2.44. The first-order valence-electron chi connectivity index (χ1n) is 6.47. The summed E-state index contributed by atoms with van der Waals surface area (Å²) < 4.78 is 5.42. The van der Waals surface area contributed by atoms with E-state index >= 15 is 0 Å². The van der Waals surface area contributed by atoms with Gasteiger partial charge in [0.25, 0.3) is 0 Å². The van der Waals surface area contributed by atoms with Crippen LogP contribution in [0.4, 0.5) is 0 Å². The molecule has 1 rings (SSSR count). The van der Waals surface area contributed by atoms with Crippen LogP contribution in [0.25, 0.3) is 0 Å². The van der Waals surface area contributed by atoms with Crippen LogP contribution in [0.1, 0.15) is 47.0 Å². The molecular weight excluding hydrogens is 186 g/mol. The number of rotatable bonds is 5. The maximum Gasteiger partial charge on any atom is 0.0616 e. The highest BCUT2D eigenvalue weighted by Crippen LogP contribution is 2.29. The monoisotopic (exact) mass is 213 g/mol. The van der Waals surface area contributed by atoms with E-state index in [2.05, 4.69) is 33.0 Å². The Morgan fingerprint density at radius 1 is 1.27 bits per heavy atom. The fourth-order valence-electron chi connectivity index (χ4n) is 2.44. The van der Waals surface area contributed by atoms with E-state index in [1.54, 1.807) is 0 Å². The second-order valence-corrected chi connectivity index (χ2v) is 5.19. The van der Waals surface area contributed by atoms with Gasteiger partial charge in [0.2, 0.25) is 0 Å². The average molecular weight is 213 g/mol. The Hall–Kier alpha value is -0.0800. The van der Waals surface area contributed by atoms with Gasteiger partial charge in [-0.25, -0.2) is 0 Å². The molecule has 2 heteroatoms. The highest BCUT2D eigenvalue weighted by atomic mass is 16.5. The standard InChI is InChI=1S/C13H27NO/c1-5-15-9-12(4)14-13-7-6-10(2)11(3)8-13/h10-14H,5-9H2,1-4H3. The third-order valence-electron chi connectivity index (χ3n) is 3.69. The normalized spacial score (nSPS) is 34.0. The summed E-state index contributed by atoms with van der Waals surface area (Å²) in [5.41, 5.74) is 0. The summed E-state index contributed by atoms with van der Waals surface area (Å²) in [5.74, 6) is 1.78. The zero-order valence-corrected chi connectivity index (χ0v) is 10.8. The van der Waals surface area contributed by atoms with E-state index in [9.17, 15) is 0 Å². The summed E-state index contributed by atoms with van der Waals surface area (Å²) in [6.07, 6.45) is 4.04. The first-order valence-corrected chi connectivity index (χ1v) is 6.47. The quantitative estimate of drug-likeness (QED) is 0.758. The van der Waals surface area contributed by atoms with Crippen LogP contribution >= 0.6 is 0 Å². The first kappa shape index (κ1) is 13.0. The van der Waals surface area contributed by atoms with Gasteiger partial charge in [-0.2, -0.15) is 0 Å². The Labute approximate surface area is 94.8 Å². The lowest BCUT2D eigenvalue weighted by Crippen LogP contribution is -2.42. The van der Waals surface area contributed by atoms with Gasteiger partial charge in [-0.15, -0.1) is 0 Å². The average Bonchev–Trinajstić information content (AvgIpc) is 2.20. The topological polar surface area (TPSA) is 21.3 Å². The first-order chi connectivity index (χ1) is 7.13. The molecule has 0 saturated heterocycles. The van der Waals surface area contributed by atoms with Crippen molar-refractivity contribution in [3.05, 3.63) is 0 Å². The predicted octanol–water partition coefficient (Wildman–Crippen LogP) is 2.83. The van der Waals surface area contributed by atoms with Crippen LogP contribution in [0, 0.1) is 11.8 Å². The van der Waals surface area contributed by atoms with Gasteiger partial charge in [-0.1, -0.05) is 13.8 Å². The Bertz CT molecular complexity index is 172. The molecule has 90 valence electrons. The second kappa shape index (κ2) is 6.49. The third-order valence-corrected chi connectivity index (χ3v) is 3.69. The van der Waals surface area contributed by atoms with Crippen molar-refractivity contribution >= 4 is 0 Å². The molecule has 0 radical (unpaired) electrons. The molecule has 4 unspecified atom stereocenters. The van der Waals surface area contributed by atoms with Gasteiger partial charge >= 0.3 is 0 Å². The van der Waals surface area contributed by atoms with Crippen molar-refractivity contribution in [2.75, 3.05) is 13.2 Å². The Morgan fingerprint density at radius 2 is 2.00 bits per heavy atom. The molecular formula is C13H27NO. The highest BCUT2D eigenvalue weighted by Gasteiger charge is 2.24. The fraction of sp³-hybridized carbons (Fsp3) is 1.00. The van der Waals surface area contributed by atoms with E-state index in [0.29, 0.717) is 12.1 Å². The van der Waals surface area contributed by atoms with Crippen molar-refractivity contribution in [2.45, 2.75) is 59.0 Å². The molecule has 1 aliphatic rings. The summed E-state index contributed by atoms with van der Waals surface area (Å²) in [6.45, 7) is 10.7. The molecule has 2 nitrogen and oxygen atoms in total. The lowest BCUT2D eigenvalue weighted by Gasteiger charge is -2.34. The molecule has 1 fully saturated rings. The minimum atomic E-state index is 0.496. The van der Waals surface area contributed by atoms with Gasteiger partial charge in [-0.3, -0.25) is 0 Å². The molecule has 1 aliphatic carbocycles. The molecule has 0 spiro atoms. The zero-order valence-electron chi connectivity index (χ0n) is 10.8. The molecule has 15 heavy (non-hydrogen) atoms. The molecule has 0 bridgehead atoms. The SMILES string of the molecule is CCOCC(C)NC1CCC(C)C(C)C1. The minimum absolute atomic E-state index is 0.496. The second-order valence-electron chi connectivity index (χ2n) is 5.19. The number of hydrogen-bond donors (Lipinski definition) is 1. The van der Waals surface area contributed by atoms with E-state index in [1.165, 1.54) is 19.3 Å². The van der Waals surface area contributed by atoms with Crippen molar-refractivity contribution in [3.8, 4) is 0 Å². The van der Waals surface area contributed by atoms with Crippen LogP contribution in [0.3, 0.4) is 0 Å². The van der Waals surface area contributed by atoms with Crippen molar-refractivity contribution in [1.82, 2.24) is 5.32 Å². The van der Waals surface area contributed by atoms with Crippen LogP contribution < -0.4 is 5.32 Å². The van der Waals surface area contributed by atoms with E-state index in [-0.39, 0.29) is 0 Å². The van der Waals surface area contributed by atoms with Crippen molar-refractivity contribution in [3.63, 3.8) is 0 Å². The highest BCUT2D eigenvalue weighted by molar-refractivity contribution is 4.81. The predicted molar refractivity (Wildman–Crippen MR) is 65.1 cm³/mol. The Kier molecular flexibility index (Phi) is 5.62. The van der Waals surface area contributed by atoms with Crippen LogP contribution in [0.5, 0.6) is 0 Å². The molecule has 1 saturated carbocycles. The van der Waals surface area contributed by atoms with Gasteiger partial charge in [-0.05, 0) is 44.9 Å². The maximum absolute atomic E-state index is 5.42. The maximum atomic E-state index is 5.42. The van der Waals surface area contributed by atoms with Crippen LogP contribution in [0.2, 0.25) is 0 Å². The number of hydrogen-bond acceptors (Lipinski definition) is 2. The van der Waals surface area contributed by atoms with Crippen LogP contribution in [0.15, 0.2) is 0 Å². The molecule has 0 aromatic heterocycles. The van der Waals surface area contributed by atoms with Crippen molar-refractivity contribution in [2.24, 2.45) is 11.8 Å². The summed E-state index contributed by atoms with van der Waals surface area (Å²) in [4.78, 5) is 0. The number of ether oxygens (including phenoxy) is 1. The molecule has 0 aromatic carbocycles. The number of nitrogens with one attached hydrogen (secondary N) is 1. The molecule has 4 atom stereocenters. The van der Waals surface area contributed by atoms with Crippen molar-refractivity contribution < 1.29 is 4.74 Å². The third kappa shape index (κ3) is 4.52. The van der Waals surface area contributed by atoms with E-state index in [4.69, 9.17) is 4.74 Å². The summed E-state index contributed by atoms with van der Waals surface area (Å²) in [5, 5.41) is 3.68. The summed E-state index contributed by atoms with van der Waals surface area (Å²) >= 11 is 0. The zero-order chi connectivity index (χ0) is 11.3. The molecule has 0 aromatic rings. The van der Waals surface area contributed by atoms with Crippen LogP contribution in [-0.4, -0.2) is 25.3 Å². The molecule has 0 aliphatic heterocycles. The van der Waals surface area contributed by atoms with Gasteiger partial charge in [0.1, 0.15) is 0 Å². The lowest BCUT2D eigenvalue weighted by atomic mass is 9.79. The minimum Gasteiger partial charge on any atom is -0.380 e.